The Kier molecular flexibility index (Phi) is 5.40. The second kappa shape index (κ2) is 6.62. The topological polar surface area (TPSA) is 52.3 Å². The second-order valence-corrected chi connectivity index (χ2v) is 4.17. The fourth-order valence-electron chi connectivity index (χ4n) is 1.99. The van der Waals surface area contributed by atoms with Crippen molar-refractivity contribution in [3.63, 3.8) is 0 Å². The summed E-state index contributed by atoms with van der Waals surface area (Å²) in [5, 5.41) is 0. The number of hydrogen-bond acceptors (Lipinski definition) is 3. The van der Waals surface area contributed by atoms with Crippen molar-refractivity contribution in [1.29, 1.82) is 0 Å². The SMILES string of the molecule is CC(=CC1CCCCC1)C(=O)OCCN. The van der Waals surface area contributed by atoms with E-state index in [4.69, 9.17) is 10.5 Å². The van der Waals surface area contributed by atoms with Crippen LogP contribution in [0.3, 0.4) is 0 Å². The standard InChI is InChI=1S/C12H21NO2/c1-10(12(14)15-8-7-13)9-11-5-3-2-4-6-11/h9,11H,2-8,13H2,1H3. The molecule has 0 aromatic heterocycles. The lowest BCUT2D eigenvalue weighted by molar-refractivity contribution is -0.138. The molecule has 0 radical (unpaired) electrons. The first-order valence-electron chi connectivity index (χ1n) is 5.79. The van der Waals surface area contributed by atoms with Crippen LogP contribution in [-0.2, 0) is 9.53 Å². The number of allylic oxidation sites excluding steroid dienone is 1. The summed E-state index contributed by atoms with van der Waals surface area (Å²) in [7, 11) is 0. The van der Waals surface area contributed by atoms with E-state index in [1.54, 1.807) is 0 Å². The number of nitrogens with two attached hydrogens (primary N) is 1. The van der Waals surface area contributed by atoms with Crippen molar-refractivity contribution in [2.24, 2.45) is 11.7 Å². The largest absolute Gasteiger partial charge is 0.461 e. The number of carbonyl (C=O) groups is 1. The van der Waals surface area contributed by atoms with Gasteiger partial charge in [-0.15, -0.1) is 0 Å². The quantitative estimate of drug-likeness (QED) is 0.571. The average Bonchev–Trinajstić information content (AvgIpc) is 2.27. The van der Waals surface area contributed by atoms with E-state index < -0.39 is 0 Å². The summed E-state index contributed by atoms with van der Waals surface area (Å²) in [6, 6.07) is 0. The van der Waals surface area contributed by atoms with Crippen LogP contribution in [0, 0.1) is 5.92 Å². The lowest BCUT2D eigenvalue weighted by Crippen LogP contribution is -2.15. The highest BCUT2D eigenvalue weighted by Gasteiger charge is 2.13. The Bertz CT molecular complexity index is 230. The average molecular weight is 211 g/mol. The van der Waals surface area contributed by atoms with Gasteiger partial charge in [-0.05, 0) is 25.7 Å². The molecule has 0 atom stereocenters. The highest BCUT2D eigenvalue weighted by molar-refractivity contribution is 5.87. The van der Waals surface area contributed by atoms with Gasteiger partial charge in [-0.2, -0.15) is 0 Å². The Labute approximate surface area is 91.7 Å². The molecule has 86 valence electrons. The minimum absolute atomic E-state index is 0.217. The molecule has 0 spiro atoms. The Balaban J connectivity index is 2.39. The van der Waals surface area contributed by atoms with Crippen LogP contribution in [0.25, 0.3) is 0 Å². The van der Waals surface area contributed by atoms with E-state index in [-0.39, 0.29) is 5.97 Å². The Hall–Kier alpha value is -0.830. The number of hydrogen-bond donors (Lipinski definition) is 1. The zero-order valence-electron chi connectivity index (χ0n) is 9.50. The van der Waals surface area contributed by atoms with E-state index in [1.165, 1.54) is 32.1 Å². The molecule has 0 saturated heterocycles. The molecule has 0 heterocycles. The van der Waals surface area contributed by atoms with Crippen molar-refractivity contribution in [1.82, 2.24) is 0 Å². The van der Waals surface area contributed by atoms with Crippen LogP contribution in [0.5, 0.6) is 0 Å². The summed E-state index contributed by atoms with van der Waals surface area (Å²) in [6.07, 6.45) is 8.39. The van der Waals surface area contributed by atoms with Crippen molar-refractivity contribution in [3.05, 3.63) is 11.6 Å². The highest BCUT2D eigenvalue weighted by Crippen LogP contribution is 2.25. The molecule has 0 aromatic carbocycles. The summed E-state index contributed by atoms with van der Waals surface area (Å²) in [5.41, 5.74) is 6.00. The molecule has 15 heavy (non-hydrogen) atoms. The maximum atomic E-state index is 11.4. The van der Waals surface area contributed by atoms with Crippen molar-refractivity contribution in [3.8, 4) is 0 Å². The van der Waals surface area contributed by atoms with Crippen LogP contribution < -0.4 is 5.73 Å². The second-order valence-electron chi connectivity index (χ2n) is 4.17. The van der Waals surface area contributed by atoms with Crippen molar-refractivity contribution >= 4 is 5.97 Å². The van der Waals surface area contributed by atoms with Crippen LogP contribution in [-0.4, -0.2) is 19.1 Å². The molecule has 0 aromatic rings. The normalized spacial score (nSPS) is 18.9. The van der Waals surface area contributed by atoms with Crippen molar-refractivity contribution < 1.29 is 9.53 Å². The van der Waals surface area contributed by atoms with Gasteiger partial charge in [0.1, 0.15) is 6.61 Å². The van der Waals surface area contributed by atoms with Gasteiger partial charge in [0.15, 0.2) is 0 Å². The lowest BCUT2D eigenvalue weighted by atomic mass is 9.88. The highest BCUT2D eigenvalue weighted by atomic mass is 16.5. The van der Waals surface area contributed by atoms with Crippen LogP contribution in [0.15, 0.2) is 11.6 Å². The number of rotatable bonds is 4. The Morgan fingerprint density at radius 2 is 2.07 bits per heavy atom. The molecule has 0 bridgehead atoms. The van der Waals surface area contributed by atoms with Gasteiger partial charge in [0.25, 0.3) is 0 Å². The molecule has 0 aliphatic heterocycles. The first-order valence-corrected chi connectivity index (χ1v) is 5.79. The fraction of sp³-hybridized carbons (Fsp3) is 0.750. The van der Waals surface area contributed by atoms with Gasteiger partial charge in [-0.3, -0.25) is 0 Å². The van der Waals surface area contributed by atoms with Crippen LogP contribution in [0.2, 0.25) is 0 Å². The van der Waals surface area contributed by atoms with E-state index in [0.29, 0.717) is 19.1 Å². The van der Waals surface area contributed by atoms with Crippen LogP contribution in [0.1, 0.15) is 39.0 Å². The smallest absolute Gasteiger partial charge is 0.333 e. The Morgan fingerprint density at radius 1 is 1.40 bits per heavy atom. The summed E-state index contributed by atoms with van der Waals surface area (Å²) >= 11 is 0. The molecule has 1 rings (SSSR count). The third-order valence-corrected chi connectivity index (χ3v) is 2.81. The molecule has 3 heteroatoms. The number of carbonyl (C=O) groups excluding carboxylic acids is 1. The number of esters is 1. The zero-order valence-corrected chi connectivity index (χ0v) is 9.50. The summed E-state index contributed by atoms with van der Waals surface area (Å²) in [6.45, 7) is 2.53. The maximum absolute atomic E-state index is 11.4. The first-order chi connectivity index (χ1) is 7.24. The van der Waals surface area contributed by atoms with E-state index >= 15 is 0 Å². The first kappa shape index (κ1) is 12.2. The molecule has 1 fully saturated rings. The molecule has 0 amide bonds. The van der Waals surface area contributed by atoms with Crippen molar-refractivity contribution in [2.75, 3.05) is 13.2 Å². The minimum Gasteiger partial charge on any atom is -0.461 e. The molecule has 1 saturated carbocycles. The molecule has 0 unspecified atom stereocenters. The van der Waals surface area contributed by atoms with Gasteiger partial charge < -0.3 is 10.5 Å². The van der Waals surface area contributed by atoms with E-state index in [0.717, 1.165) is 5.57 Å². The van der Waals surface area contributed by atoms with Gasteiger partial charge >= 0.3 is 5.97 Å². The lowest BCUT2D eigenvalue weighted by Gasteiger charge is -2.18. The molecular formula is C12H21NO2. The van der Waals surface area contributed by atoms with Gasteiger partial charge in [-0.25, -0.2) is 4.79 Å². The third-order valence-electron chi connectivity index (χ3n) is 2.81. The van der Waals surface area contributed by atoms with Gasteiger partial charge in [0.2, 0.25) is 0 Å². The van der Waals surface area contributed by atoms with Gasteiger partial charge in [0, 0.05) is 12.1 Å². The third kappa shape index (κ3) is 4.47. The van der Waals surface area contributed by atoms with Crippen LogP contribution in [0.4, 0.5) is 0 Å². The zero-order chi connectivity index (χ0) is 11.1. The van der Waals surface area contributed by atoms with Crippen LogP contribution >= 0.6 is 0 Å². The van der Waals surface area contributed by atoms with E-state index in [2.05, 4.69) is 6.08 Å². The molecule has 1 aliphatic rings. The van der Waals surface area contributed by atoms with Crippen molar-refractivity contribution in [2.45, 2.75) is 39.0 Å². The molecule has 1 aliphatic carbocycles. The molecule has 3 nitrogen and oxygen atoms in total. The molecule has 2 N–H and O–H groups in total. The monoisotopic (exact) mass is 211 g/mol. The Morgan fingerprint density at radius 3 is 2.67 bits per heavy atom. The summed E-state index contributed by atoms with van der Waals surface area (Å²) in [5.74, 6) is 0.357. The molecular weight excluding hydrogens is 190 g/mol. The van der Waals surface area contributed by atoms with Gasteiger partial charge in [-0.1, -0.05) is 25.3 Å². The number of ether oxygens (including phenoxy) is 1. The summed E-state index contributed by atoms with van der Waals surface area (Å²) in [4.78, 5) is 11.4. The predicted molar refractivity (Wildman–Crippen MR) is 60.3 cm³/mol. The van der Waals surface area contributed by atoms with E-state index in [1.807, 2.05) is 6.92 Å². The van der Waals surface area contributed by atoms with E-state index in [9.17, 15) is 4.79 Å². The predicted octanol–water partition coefficient (Wildman–Crippen LogP) is 2.01. The maximum Gasteiger partial charge on any atom is 0.333 e. The fourth-order valence-corrected chi connectivity index (χ4v) is 1.99. The minimum atomic E-state index is -0.217. The summed E-state index contributed by atoms with van der Waals surface area (Å²) < 4.78 is 4.96. The van der Waals surface area contributed by atoms with Gasteiger partial charge in [0.05, 0.1) is 0 Å².